The van der Waals surface area contributed by atoms with Crippen molar-refractivity contribution >= 4 is 65.4 Å². The summed E-state index contributed by atoms with van der Waals surface area (Å²) in [5.41, 5.74) is 5.94. The van der Waals surface area contributed by atoms with E-state index in [2.05, 4.69) is 157 Å². The molecule has 4 N–H and O–H groups in total. The number of phenolic OH excluding ortho intramolecular Hbond substituents is 2. The second-order valence-corrected chi connectivity index (χ2v) is 22.3. The van der Waals surface area contributed by atoms with Crippen molar-refractivity contribution in [2.45, 2.75) is 107 Å². The molecule has 0 radical (unpaired) electrons. The number of phenols is 2. The summed E-state index contributed by atoms with van der Waals surface area (Å²) in [6.45, 7) is 30.5. The van der Waals surface area contributed by atoms with E-state index in [0.29, 0.717) is 23.3 Å². The van der Waals surface area contributed by atoms with E-state index < -0.39 is 15.6 Å². The Balaban J connectivity index is 0.000000285. The molecule has 0 amide bonds. The highest BCUT2D eigenvalue weighted by Crippen LogP contribution is 2.32. The molecule has 0 spiro atoms. The maximum absolute atomic E-state index is 10.7. The highest BCUT2D eigenvalue weighted by Gasteiger charge is 2.44. The van der Waals surface area contributed by atoms with E-state index in [4.69, 9.17) is 13.0 Å². The van der Waals surface area contributed by atoms with Crippen LogP contribution in [-0.2, 0) is 23.1 Å². The van der Waals surface area contributed by atoms with Crippen LogP contribution >= 0.6 is 0 Å². The molecule has 0 bridgehead atoms. The van der Waals surface area contributed by atoms with E-state index >= 15 is 0 Å². The lowest BCUT2D eigenvalue weighted by molar-refractivity contribution is -0.0510. The Hall–Kier alpha value is -9.58. The van der Waals surface area contributed by atoms with Crippen molar-refractivity contribution in [1.82, 2.24) is 0 Å². The van der Waals surface area contributed by atoms with Gasteiger partial charge in [0.25, 0.3) is 0 Å². The molecule has 0 aromatic heterocycles. The Bertz CT molecular complexity index is 3880. The van der Waals surface area contributed by atoms with Gasteiger partial charge < -0.3 is 15.3 Å². The van der Waals surface area contributed by atoms with Gasteiger partial charge in [0.2, 0.25) is 0 Å². The second kappa shape index (κ2) is 41.8. The number of rotatable bonds is 8. The first-order chi connectivity index (χ1) is 45.3. The molecule has 6 nitrogen and oxygen atoms in total. The van der Waals surface area contributed by atoms with E-state index in [9.17, 15) is 28.5 Å². The summed E-state index contributed by atoms with van der Waals surface area (Å²) in [6.07, 6.45) is 4.74. The van der Waals surface area contributed by atoms with Gasteiger partial charge in [0.15, 0.2) is 0 Å². The minimum atomic E-state index is -5.84. The molecule has 12 aromatic carbocycles. The van der Waals surface area contributed by atoms with Gasteiger partial charge in [-0.1, -0.05) is 344 Å². The molecule has 0 heterocycles. The Kier molecular flexibility index (Phi) is 35.0. The Morgan fingerprint density at radius 1 is 0.404 bits per heavy atom. The second-order valence-electron chi connectivity index (χ2n) is 20.8. The highest BCUT2D eigenvalue weighted by molar-refractivity contribution is 7.86. The largest absolute Gasteiger partial charge is 0.522 e. The Morgan fingerprint density at radius 3 is 0.904 bits per heavy atom. The molecular weight excluding hydrogens is 1190 g/mol. The average molecular weight is 1290 g/mol. The van der Waals surface area contributed by atoms with Crippen LogP contribution in [0.4, 0.5) is 13.2 Å². The fourth-order valence-corrected chi connectivity index (χ4v) is 9.47. The molecule has 10 heteroatoms. The predicted molar refractivity (Wildman–Crippen MR) is 398 cm³/mol. The molecule has 0 unspecified atom stereocenters. The maximum Gasteiger partial charge on any atom is 0.522 e. The molecule has 0 aliphatic carbocycles. The molecule has 94 heavy (non-hydrogen) atoms. The standard InChI is InChI=1S/C16H14.C15H12O.2C12H10O.C12H18.C10H10.3C2H6.CHF3O3S/c1-2-14-15-9-5-3-7-12(15)11-13-8-4-6-10-16(13)14;16-10-15-13-7-3-1-5-11(13)9-12-6-2-4-8-14(12)15;2*13-12-9-5-4-8-11(12)10-6-2-1-3-7-10;1-9(2)11-5-7-12(8-6-11)10(3)4;1-3-9-5-7-10(4-2)8-6-9;3*1-2;2-1(3,4)8(5,6)7/h3-11H,2H2,1H3;1-9,16H,10H2;2*1-9,13H;5-10H,1-4H3;3-8H,1-2H2;3*1-2H3;(H,5,6,7). The molecule has 0 saturated carbocycles. The normalized spacial score (nSPS) is 10.2. The van der Waals surface area contributed by atoms with Gasteiger partial charge in [-0.3, -0.25) is 4.55 Å². The van der Waals surface area contributed by atoms with E-state index in [-0.39, 0.29) is 6.61 Å². The minimum absolute atomic E-state index is 0.0852. The Labute approximate surface area is 557 Å². The number of aliphatic hydroxyl groups excluding tert-OH is 1. The van der Waals surface area contributed by atoms with Crippen molar-refractivity contribution in [1.29, 1.82) is 0 Å². The molecule has 0 aliphatic heterocycles. The lowest BCUT2D eigenvalue weighted by Crippen LogP contribution is -2.21. The first-order valence-electron chi connectivity index (χ1n) is 31.8. The SMILES string of the molecule is C=Cc1ccc(C=C)cc1.CC.CC.CC.CC(C)c1ccc(C(C)C)cc1.CCc1c2ccccc2cc2ccccc12.O=S(=O)(O)C(F)(F)F.OCc1c2ccccc2cc2ccccc12.Oc1ccccc1-c1ccccc1.Oc1ccccc1-c1ccccc1. The van der Waals surface area contributed by atoms with Crippen molar-refractivity contribution in [3.63, 3.8) is 0 Å². The summed E-state index contributed by atoms with van der Waals surface area (Å²) in [7, 11) is -5.84. The summed E-state index contributed by atoms with van der Waals surface area (Å²) < 4.78 is 57.5. The van der Waals surface area contributed by atoms with E-state index in [0.717, 1.165) is 56.1 Å². The third kappa shape index (κ3) is 24.5. The lowest BCUT2D eigenvalue weighted by Gasteiger charge is -2.09. The smallest absolute Gasteiger partial charge is 0.507 e. The molecule has 0 aliphatic rings. The number of aryl methyl sites for hydroxylation is 1. The summed E-state index contributed by atoms with van der Waals surface area (Å²) in [5, 5.41) is 38.8. The highest BCUT2D eigenvalue weighted by atomic mass is 32.2. The monoisotopic (exact) mass is 1290 g/mol. The number of benzene rings is 12. The van der Waals surface area contributed by atoms with Gasteiger partial charge in [-0.2, -0.15) is 21.6 Å². The van der Waals surface area contributed by atoms with Crippen LogP contribution in [0, 0.1) is 0 Å². The number of aliphatic hydroxyl groups is 1. The van der Waals surface area contributed by atoms with Crippen molar-refractivity contribution in [2.75, 3.05) is 0 Å². The zero-order valence-corrected chi connectivity index (χ0v) is 57.0. The van der Waals surface area contributed by atoms with Crippen LogP contribution in [-0.4, -0.2) is 33.8 Å². The fraction of sp³-hybridized carbons (Fsp3) is 0.190. The average Bonchev–Trinajstić information content (AvgIpc) is 0.789. The maximum atomic E-state index is 10.7. The van der Waals surface area contributed by atoms with Crippen molar-refractivity contribution in [3.8, 4) is 33.8 Å². The number of fused-ring (bicyclic) bond motifs is 4. The number of alkyl halides is 3. The van der Waals surface area contributed by atoms with Crippen LogP contribution < -0.4 is 0 Å². The Morgan fingerprint density at radius 2 is 0.660 bits per heavy atom. The quantitative estimate of drug-likeness (QED) is 0.0684. The number of hydrogen-bond donors (Lipinski definition) is 4. The number of aromatic hydroxyl groups is 2. The van der Waals surface area contributed by atoms with Crippen LogP contribution in [0.15, 0.2) is 280 Å². The van der Waals surface area contributed by atoms with Gasteiger partial charge in [-0.05, 0) is 130 Å². The van der Waals surface area contributed by atoms with Crippen LogP contribution in [0.1, 0.15) is 121 Å². The van der Waals surface area contributed by atoms with E-state index in [1.807, 2.05) is 199 Å². The third-order valence-corrected chi connectivity index (χ3v) is 14.8. The summed E-state index contributed by atoms with van der Waals surface area (Å²) in [4.78, 5) is 0. The van der Waals surface area contributed by atoms with Crippen molar-refractivity contribution in [3.05, 3.63) is 313 Å². The summed E-state index contributed by atoms with van der Waals surface area (Å²) >= 11 is 0. The summed E-state index contributed by atoms with van der Waals surface area (Å²) in [5.74, 6) is 1.94. The van der Waals surface area contributed by atoms with E-state index in [1.165, 1.54) is 49.0 Å². The predicted octanol–water partition coefficient (Wildman–Crippen LogP) is 24.5. The van der Waals surface area contributed by atoms with Crippen molar-refractivity contribution < 1.29 is 41.5 Å². The van der Waals surface area contributed by atoms with Gasteiger partial charge in [0.1, 0.15) is 11.5 Å². The molecule has 0 atom stereocenters. The number of halogens is 3. The molecule has 0 fully saturated rings. The molecular formula is C84H93F3O6S. The zero-order chi connectivity index (χ0) is 69.6. The fourth-order valence-electron chi connectivity index (χ4n) is 9.47. The van der Waals surface area contributed by atoms with Crippen LogP contribution in [0.2, 0.25) is 0 Å². The topological polar surface area (TPSA) is 115 Å². The molecule has 12 rings (SSSR count). The number of hydrogen-bond acceptors (Lipinski definition) is 5. The molecule has 492 valence electrons. The lowest BCUT2D eigenvalue weighted by atomic mass is 9.95. The molecule has 12 aromatic rings. The number of para-hydroxylation sites is 2. The van der Waals surface area contributed by atoms with E-state index in [1.54, 1.807) is 12.1 Å². The van der Waals surface area contributed by atoms with Gasteiger partial charge in [0.05, 0.1) is 6.61 Å². The molecule has 0 saturated heterocycles. The first-order valence-corrected chi connectivity index (χ1v) is 33.3. The van der Waals surface area contributed by atoms with Crippen molar-refractivity contribution in [2.24, 2.45) is 0 Å². The van der Waals surface area contributed by atoms with Crippen LogP contribution in [0.25, 0.3) is 77.5 Å². The summed E-state index contributed by atoms with van der Waals surface area (Å²) in [6, 6.07) is 89.5. The minimum Gasteiger partial charge on any atom is -0.507 e. The van der Waals surface area contributed by atoms with Crippen LogP contribution in [0.5, 0.6) is 11.5 Å². The van der Waals surface area contributed by atoms with Gasteiger partial charge in [0, 0.05) is 11.1 Å². The van der Waals surface area contributed by atoms with Crippen LogP contribution in [0.3, 0.4) is 0 Å². The van der Waals surface area contributed by atoms with Gasteiger partial charge in [-0.15, -0.1) is 0 Å². The first kappa shape index (κ1) is 78.7. The van der Waals surface area contributed by atoms with Gasteiger partial charge in [-0.25, -0.2) is 0 Å². The third-order valence-electron chi connectivity index (χ3n) is 14.2. The van der Waals surface area contributed by atoms with Gasteiger partial charge >= 0.3 is 15.6 Å². The zero-order valence-electron chi connectivity index (χ0n) is 56.2.